The summed E-state index contributed by atoms with van der Waals surface area (Å²) in [6.45, 7) is 1.42. The number of hydrogen-bond acceptors (Lipinski definition) is 2. The minimum absolute atomic E-state index is 0.0239. The van der Waals surface area contributed by atoms with Gasteiger partial charge in [0, 0.05) is 45.0 Å². The van der Waals surface area contributed by atoms with E-state index >= 15 is 0 Å². The van der Waals surface area contributed by atoms with Gasteiger partial charge in [-0.1, -0.05) is 30.3 Å². The fourth-order valence-corrected chi connectivity index (χ4v) is 2.84. The van der Waals surface area contributed by atoms with Crippen molar-refractivity contribution in [2.45, 2.75) is 38.3 Å². The number of nitrogens with one attached hydrogen (secondary N) is 1. The van der Waals surface area contributed by atoms with Gasteiger partial charge in [0.2, 0.25) is 0 Å². The molecule has 2 aromatic rings. The van der Waals surface area contributed by atoms with Crippen LogP contribution in [0.3, 0.4) is 0 Å². The molecule has 3 rings (SSSR count). The summed E-state index contributed by atoms with van der Waals surface area (Å²) in [6, 6.07) is 10.8. The third-order valence-corrected chi connectivity index (χ3v) is 4.57. The molecule has 5 nitrogen and oxygen atoms in total. The van der Waals surface area contributed by atoms with Crippen LogP contribution >= 0.6 is 0 Å². The van der Waals surface area contributed by atoms with Gasteiger partial charge in [0.25, 0.3) is 0 Å². The molecule has 5 heteroatoms. The Balaban J connectivity index is 1.49. The Morgan fingerprint density at radius 2 is 2.13 bits per heavy atom. The standard InChI is InChI=1S/C18H24N4O/c1-21(16-8-5-9-16)18(23)20-11-10-17-19-12-13-22(17)14-15-6-3-2-4-7-15/h2-4,6-7,12-13,16H,5,8-11,14H2,1H3,(H,20,23). The highest BCUT2D eigenvalue weighted by Crippen LogP contribution is 2.23. The summed E-state index contributed by atoms with van der Waals surface area (Å²) >= 11 is 0. The van der Waals surface area contributed by atoms with Gasteiger partial charge in [-0.2, -0.15) is 0 Å². The molecule has 0 atom stereocenters. The van der Waals surface area contributed by atoms with Crippen LogP contribution in [0, 0.1) is 0 Å². The Hall–Kier alpha value is -2.30. The zero-order chi connectivity index (χ0) is 16.1. The number of rotatable bonds is 6. The molecule has 1 aliphatic carbocycles. The zero-order valence-electron chi connectivity index (χ0n) is 13.6. The van der Waals surface area contributed by atoms with E-state index < -0.39 is 0 Å². The summed E-state index contributed by atoms with van der Waals surface area (Å²) in [5, 5.41) is 2.99. The Morgan fingerprint density at radius 1 is 1.35 bits per heavy atom. The highest BCUT2D eigenvalue weighted by Gasteiger charge is 2.25. The lowest BCUT2D eigenvalue weighted by Crippen LogP contribution is -2.47. The van der Waals surface area contributed by atoms with Gasteiger partial charge in [-0.25, -0.2) is 9.78 Å². The van der Waals surface area contributed by atoms with Crippen molar-refractivity contribution in [1.29, 1.82) is 0 Å². The van der Waals surface area contributed by atoms with Gasteiger partial charge in [0.1, 0.15) is 5.82 Å². The molecule has 23 heavy (non-hydrogen) atoms. The predicted octanol–water partition coefficient (Wildman–Crippen LogP) is 2.67. The number of carbonyl (C=O) groups excluding carboxylic acids is 1. The lowest BCUT2D eigenvalue weighted by molar-refractivity contribution is 0.158. The van der Waals surface area contributed by atoms with E-state index in [-0.39, 0.29) is 6.03 Å². The maximum atomic E-state index is 12.1. The first-order valence-corrected chi connectivity index (χ1v) is 8.28. The Morgan fingerprint density at radius 3 is 2.83 bits per heavy atom. The number of benzene rings is 1. The van der Waals surface area contributed by atoms with Gasteiger partial charge in [-0.05, 0) is 24.8 Å². The molecule has 1 aromatic heterocycles. The third kappa shape index (κ3) is 3.92. The quantitative estimate of drug-likeness (QED) is 0.891. The summed E-state index contributed by atoms with van der Waals surface area (Å²) in [6.07, 6.45) is 8.05. The first kappa shape index (κ1) is 15.6. The van der Waals surface area contributed by atoms with Gasteiger partial charge in [-0.3, -0.25) is 0 Å². The Kier molecular flexibility index (Phi) is 4.95. The average molecular weight is 312 g/mol. The van der Waals surface area contributed by atoms with Crippen molar-refractivity contribution in [2.75, 3.05) is 13.6 Å². The largest absolute Gasteiger partial charge is 0.338 e. The van der Waals surface area contributed by atoms with Crippen molar-refractivity contribution >= 4 is 6.03 Å². The van der Waals surface area contributed by atoms with E-state index in [1.165, 1.54) is 12.0 Å². The van der Waals surface area contributed by atoms with Crippen LogP contribution in [0.2, 0.25) is 0 Å². The molecule has 1 aromatic carbocycles. The van der Waals surface area contributed by atoms with E-state index in [2.05, 4.69) is 27.0 Å². The van der Waals surface area contributed by atoms with E-state index in [0.717, 1.165) is 31.6 Å². The molecule has 2 amide bonds. The molecular weight excluding hydrogens is 288 g/mol. The highest BCUT2D eigenvalue weighted by atomic mass is 16.2. The predicted molar refractivity (Wildman–Crippen MR) is 90.3 cm³/mol. The molecule has 0 bridgehead atoms. The van der Waals surface area contributed by atoms with Gasteiger partial charge in [0.05, 0.1) is 0 Å². The van der Waals surface area contributed by atoms with E-state index in [4.69, 9.17) is 0 Å². The normalized spacial score (nSPS) is 14.3. The molecule has 0 radical (unpaired) electrons. The van der Waals surface area contributed by atoms with Crippen LogP contribution < -0.4 is 5.32 Å². The van der Waals surface area contributed by atoms with E-state index in [9.17, 15) is 4.79 Å². The minimum atomic E-state index is 0.0239. The van der Waals surface area contributed by atoms with E-state index in [1.807, 2.05) is 42.5 Å². The molecule has 1 N–H and O–H groups in total. The summed E-state index contributed by atoms with van der Waals surface area (Å²) in [5.41, 5.74) is 1.25. The second kappa shape index (κ2) is 7.31. The van der Waals surface area contributed by atoms with Crippen molar-refractivity contribution in [3.05, 3.63) is 54.1 Å². The number of carbonyl (C=O) groups is 1. The van der Waals surface area contributed by atoms with E-state index in [0.29, 0.717) is 12.6 Å². The maximum absolute atomic E-state index is 12.1. The van der Waals surface area contributed by atoms with Crippen molar-refractivity contribution in [3.8, 4) is 0 Å². The van der Waals surface area contributed by atoms with Crippen molar-refractivity contribution in [3.63, 3.8) is 0 Å². The molecule has 0 saturated heterocycles. The molecule has 0 spiro atoms. The summed E-state index contributed by atoms with van der Waals surface area (Å²) in [4.78, 5) is 18.3. The number of nitrogens with zero attached hydrogens (tertiary/aromatic N) is 3. The van der Waals surface area contributed by atoms with Crippen LogP contribution in [0.5, 0.6) is 0 Å². The number of imidazole rings is 1. The second-order valence-corrected chi connectivity index (χ2v) is 6.13. The van der Waals surface area contributed by atoms with Crippen molar-refractivity contribution in [1.82, 2.24) is 19.8 Å². The summed E-state index contributed by atoms with van der Waals surface area (Å²) in [7, 11) is 1.88. The minimum Gasteiger partial charge on any atom is -0.338 e. The molecular formula is C18H24N4O. The summed E-state index contributed by atoms with van der Waals surface area (Å²) in [5.74, 6) is 1.00. The lowest BCUT2D eigenvalue weighted by atomic mass is 9.92. The van der Waals surface area contributed by atoms with Gasteiger partial charge in [-0.15, -0.1) is 0 Å². The van der Waals surface area contributed by atoms with Crippen LogP contribution in [0.25, 0.3) is 0 Å². The maximum Gasteiger partial charge on any atom is 0.317 e. The fourth-order valence-electron chi connectivity index (χ4n) is 2.84. The Labute approximate surface area is 137 Å². The topological polar surface area (TPSA) is 50.2 Å². The van der Waals surface area contributed by atoms with Gasteiger partial charge < -0.3 is 14.8 Å². The number of amides is 2. The van der Waals surface area contributed by atoms with Crippen molar-refractivity contribution in [2.24, 2.45) is 0 Å². The zero-order valence-corrected chi connectivity index (χ0v) is 13.6. The van der Waals surface area contributed by atoms with Gasteiger partial charge >= 0.3 is 6.03 Å². The van der Waals surface area contributed by atoms with E-state index in [1.54, 1.807) is 0 Å². The first-order chi connectivity index (χ1) is 11.2. The lowest BCUT2D eigenvalue weighted by Gasteiger charge is -2.34. The first-order valence-electron chi connectivity index (χ1n) is 8.28. The second-order valence-electron chi connectivity index (χ2n) is 6.13. The van der Waals surface area contributed by atoms with Crippen LogP contribution in [0.1, 0.15) is 30.7 Å². The average Bonchev–Trinajstić information content (AvgIpc) is 2.93. The SMILES string of the molecule is CN(C(=O)NCCc1nccn1Cc1ccccc1)C1CCC1. The molecule has 0 unspecified atom stereocenters. The van der Waals surface area contributed by atoms with Crippen molar-refractivity contribution < 1.29 is 4.79 Å². The van der Waals surface area contributed by atoms with Gasteiger partial charge in [0.15, 0.2) is 0 Å². The molecule has 1 saturated carbocycles. The van der Waals surface area contributed by atoms with Crippen LogP contribution in [-0.4, -0.2) is 40.1 Å². The number of urea groups is 1. The smallest absolute Gasteiger partial charge is 0.317 e. The summed E-state index contributed by atoms with van der Waals surface area (Å²) < 4.78 is 2.14. The molecule has 0 aliphatic heterocycles. The molecule has 1 heterocycles. The molecule has 122 valence electrons. The fraction of sp³-hybridized carbons (Fsp3) is 0.444. The third-order valence-electron chi connectivity index (χ3n) is 4.57. The van der Waals surface area contributed by atoms with Crippen LogP contribution in [0.15, 0.2) is 42.7 Å². The van der Waals surface area contributed by atoms with Crippen LogP contribution in [-0.2, 0) is 13.0 Å². The Bertz CT molecular complexity index is 633. The molecule has 1 aliphatic rings. The number of aromatic nitrogens is 2. The van der Waals surface area contributed by atoms with Crippen LogP contribution in [0.4, 0.5) is 4.79 Å². The number of hydrogen-bond donors (Lipinski definition) is 1. The highest BCUT2D eigenvalue weighted by molar-refractivity contribution is 5.74. The molecule has 1 fully saturated rings. The monoisotopic (exact) mass is 312 g/mol.